The summed E-state index contributed by atoms with van der Waals surface area (Å²) in [6, 6.07) is 10.6. The van der Waals surface area contributed by atoms with E-state index in [1.54, 1.807) is 32.2 Å². The highest BCUT2D eigenvalue weighted by Gasteiger charge is 2.20. The molecule has 0 fully saturated rings. The third-order valence-electron chi connectivity index (χ3n) is 3.34. The number of furan rings is 1. The molecular weight excluding hydrogens is 287 g/mol. The molecule has 3 aromatic rings. The molecule has 0 radical (unpaired) electrons. The molecule has 22 heavy (non-hydrogen) atoms. The predicted molar refractivity (Wildman–Crippen MR) is 78.9 cm³/mol. The zero-order chi connectivity index (χ0) is 15.7. The highest BCUT2D eigenvalue weighted by molar-refractivity contribution is 5.97. The van der Waals surface area contributed by atoms with Crippen molar-refractivity contribution >= 4 is 16.9 Å². The second-order valence-corrected chi connectivity index (χ2v) is 4.77. The van der Waals surface area contributed by atoms with Gasteiger partial charge in [0.05, 0.1) is 7.11 Å². The summed E-state index contributed by atoms with van der Waals surface area (Å²) in [4.78, 5) is 12.2. The van der Waals surface area contributed by atoms with Crippen molar-refractivity contribution in [1.82, 2.24) is 0 Å². The molecule has 0 saturated carbocycles. The maximum absolute atomic E-state index is 13.1. The Labute approximate surface area is 126 Å². The number of carbonyl (C=O) groups is 1. The zero-order valence-corrected chi connectivity index (χ0v) is 12.1. The number of fused-ring (bicyclic) bond motifs is 1. The van der Waals surface area contributed by atoms with Gasteiger partial charge in [0, 0.05) is 17.0 Å². The van der Waals surface area contributed by atoms with Gasteiger partial charge in [-0.25, -0.2) is 9.18 Å². The van der Waals surface area contributed by atoms with Crippen LogP contribution in [0.1, 0.15) is 16.1 Å². The van der Waals surface area contributed by atoms with E-state index in [1.165, 1.54) is 18.2 Å². The summed E-state index contributed by atoms with van der Waals surface area (Å²) in [7, 11) is 1.57. The topological polar surface area (TPSA) is 48.7 Å². The molecule has 0 spiro atoms. The van der Waals surface area contributed by atoms with Crippen LogP contribution < -0.4 is 9.47 Å². The predicted octanol–water partition coefficient (Wildman–Crippen LogP) is 4.11. The number of carbonyl (C=O) groups excluding carboxylic acids is 1. The SMILES string of the molecule is COc1ccc2oc(C(=O)Oc3cccc(F)c3)c(C)c2c1. The number of aryl methyl sites for hydroxylation is 1. The van der Waals surface area contributed by atoms with Crippen LogP contribution in [-0.2, 0) is 0 Å². The second kappa shape index (κ2) is 5.52. The van der Waals surface area contributed by atoms with E-state index in [1.807, 2.05) is 0 Å². The van der Waals surface area contributed by atoms with Crippen molar-refractivity contribution in [2.45, 2.75) is 6.92 Å². The van der Waals surface area contributed by atoms with Crippen molar-refractivity contribution in [3.63, 3.8) is 0 Å². The van der Waals surface area contributed by atoms with Gasteiger partial charge in [0.25, 0.3) is 0 Å². The van der Waals surface area contributed by atoms with Crippen LogP contribution >= 0.6 is 0 Å². The molecule has 0 saturated heterocycles. The second-order valence-electron chi connectivity index (χ2n) is 4.77. The van der Waals surface area contributed by atoms with E-state index < -0.39 is 11.8 Å². The first-order chi connectivity index (χ1) is 10.6. The van der Waals surface area contributed by atoms with E-state index in [2.05, 4.69) is 0 Å². The first-order valence-electron chi connectivity index (χ1n) is 6.63. The Morgan fingerprint density at radius 2 is 1.95 bits per heavy atom. The lowest BCUT2D eigenvalue weighted by Crippen LogP contribution is -2.08. The van der Waals surface area contributed by atoms with E-state index in [-0.39, 0.29) is 11.5 Å². The van der Waals surface area contributed by atoms with Gasteiger partial charge in [-0.2, -0.15) is 0 Å². The molecule has 0 aliphatic carbocycles. The molecule has 0 aliphatic heterocycles. The van der Waals surface area contributed by atoms with Crippen LogP contribution in [0, 0.1) is 12.7 Å². The van der Waals surface area contributed by atoms with Crippen molar-refractivity contribution in [1.29, 1.82) is 0 Å². The summed E-state index contributed by atoms with van der Waals surface area (Å²) >= 11 is 0. The minimum atomic E-state index is -0.668. The third kappa shape index (κ3) is 2.53. The first-order valence-corrected chi connectivity index (χ1v) is 6.63. The number of hydrogen-bond acceptors (Lipinski definition) is 4. The average molecular weight is 300 g/mol. The van der Waals surface area contributed by atoms with E-state index >= 15 is 0 Å². The van der Waals surface area contributed by atoms with Gasteiger partial charge in [-0.3, -0.25) is 0 Å². The molecule has 0 bridgehead atoms. The number of benzene rings is 2. The van der Waals surface area contributed by atoms with Gasteiger partial charge < -0.3 is 13.9 Å². The smallest absolute Gasteiger partial charge is 0.379 e. The number of halogens is 1. The zero-order valence-electron chi connectivity index (χ0n) is 12.1. The van der Waals surface area contributed by atoms with Gasteiger partial charge >= 0.3 is 5.97 Å². The molecule has 0 N–H and O–H groups in total. The fraction of sp³-hybridized carbons (Fsp3) is 0.118. The molecule has 0 amide bonds. The Balaban J connectivity index is 1.95. The number of ether oxygens (including phenoxy) is 2. The van der Waals surface area contributed by atoms with Crippen molar-refractivity contribution < 1.29 is 23.1 Å². The number of hydrogen-bond donors (Lipinski definition) is 0. The minimum Gasteiger partial charge on any atom is -0.497 e. The lowest BCUT2D eigenvalue weighted by Gasteiger charge is -2.02. The Bertz CT molecular complexity index is 851. The van der Waals surface area contributed by atoms with Crippen LogP contribution in [0.25, 0.3) is 11.0 Å². The molecule has 2 aromatic carbocycles. The van der Waals surface area contributed by atoms with E-state index in [4.69, 9.17) is 13.9 Å². The van der Waals surface area contributed by atoms with Crippen LogP contribution in [-0.4, -0.2) is 13.1 Å². The molecule has 1 heterocycles. The highest BCUT2D eigenvalue weighted by Crippen LogP contribution is 2.29. The summed E-state index contributed by atoms with van der Waals surface area (Å²) < 4.78 is 29.0. The molecular formula is C17H13FO4. The van der Waals surface area contributed by atoms with Crippen LogP contribution in [0.2, 0.25) is 0 Å². The van der Waals surface area contributed by atoms with Gasteiger partial charge in [-0.05, 0) is 37.3 Å². The summed E-state index contributed by atoms with van der Waals surface area (Å²) in [5.41, 5.74) is 1.21. The maximum Gasteiger partial charge on any atom is 0.379 e. The van der Waals surface area contributed by atoms with Crippen molar-refractivity contribution in [3.05, 3.63) is 59.6 Å². The summed E-state index contributed by atoms with van der Waals surface area (Å²) in [5.74, 6) is -0.258. The summed E-state index contributed by atoms with van der Waals surface area (Å²) in [6.45, 7) is 1.76. The normalized spacial score (nSPS) is 10.7. The fourth-order valence-electron chi connectivity index (χ4n) is 2.21. The Kier molecular flexibility index (Phi) is 3.55. The number of methoxy groups -OCH3 is 1. The largest absolute Gasteiger partial charge is 0.497 e. The first kappa shape index (κ1) is 14.1. The Morgan fingerprint density at radius 3 is 2.68 bits per heavy atom. The average Bonchev–Trinajstić information content (AvgIpc) is 2.84. The van der Waals surface area contributed by atoms with Crippen LogP contribution in [0.15, 0.2) is 46.9 Å². The quantitative estimate of drug-likeness (QED) is 0.539. The molecule has 0 unspecified atom stereocenters. The van der Waals surface area contributed by atoms with E-state index in [0.29, 0.717) is 16.9 Å². The van der Waals surface area contributed by atoms with Crippen molar-refractivity contribution in [2.75, 3.05) is 7.11 Å². The van der Waals surface area contributed by atoms with Gasteiger partial charge in [-0.15, -0.1) is 0 Å². The number of esters is 1. The van der Waals surface area contributed by atoms with Gasteiger partial charge in [0.15, 0.2) is 0 Å². The molecule has 1 aromatic heterocycles. The van der Waals surface area contributed by atoms with E-state index in [9.17, 15) is 9.18 Å². The van der Waals surface area contributed by atoms with Crippen LogP contribution in [0.5, 0.6) is 11.5 Å². The highest BCUT2D eigenvalue weighted by atomic mass is 19.1. The lowest BCUT2D eigenvalue weighted by molar-refractivity contribution is 0.0702. The summed E-state index contributed by atoms with van der Waals surface area (Å²) in [5, 5.41) is 0.769. The van der Waals surface area contributed by atoms with Crippen LogP contribution in [0.3, 0.4) is 0 Å². The lowest BCUT2D eigenvalue weighted by atomic mass is 10.1. The number of rotatable bonds is 3. The summed E-state index contributed by atoms with van der Waals surface area (Å²) in [6.07, 6.45) is 0. The molecule has 0 aliphatic rings. The van der Waals surface area contributed by atoms with Gasteiger partial charge in [-0.1, -0.05) is 6.07 Å². The Morgan fingerprint density at radius 1 is 1.14 bits per heavy atom. The molecule has 4 nitrogen and oxygen atoms in total. The maximum atomic E-state index is 13.1. The van der Waals surface area contributed by atoms with Crippen molar-refractivity contribution in [3.8, 4) is 11.5 Å². The fourth-order valence-corrected chi connectivity index (χ4v) is 2.21. The van der Waals surface area contributed by atoms with Crippen molar-refractivity contribution in [2.24, 2.45) is 0 Å². The minimum absolute atomic E-state index is 0.0903. The monoisotopic (exact) mass is 300 g/mol. The molecule has 3 rings (SSSR count). The Hall–Kier alpha value is -2.82. The van der Waals surface area contributed by atoms with Crippen LogP contribution in [0.4, 0.5) is 4.39 Å². The third-order valence-corrected chi connectivity index (χ3v) is 3.34. The molecule has 5 heteroatoms. The van der Waals surface area contributed by atoms with Gasteiger partial charge in [0.1, 0.15) is 22.9 Å². The standard InChI is InChI=1S/C17H13FO4/c1-10-14-9-12(20-2)6-7-15(14)22-16(10)17(19)21-13-5-3-4-11(18)8-13/h3-9H,1-2H3. The van der Waals surface area contributed by atoms with Gasteiger partial charge in [0.2, 0.25) is 5.76 Å². The van der Waals surface area contributed by atoms with E-state index in [0.717, 1.165) is 11.5 Å². The molecule has 0 atom stereocenters. The molecule has 112 valence electrons.